The summed E-state index contributed by atoms with van der Waals surface area (Å²) in [6.07, 6.45) is 4.05. The van der Waals surface area contributed by atoms with Gasteiger partial charge >= 0.3 is 0 Å². The van der Waals surface area contributed by atoms with Gasteiger partial charge in [-0.05, 0) is 19.8 Å². The summed E-state index contributed by atoms with van der Waals surface area (Å²) in [6.45, 7) is 4.64. The molecule has 0 amide bonds. The van der Waals surface area contributed by atoms with Gasteiger partial charge in [0.25, 0.3) is 0 Å². The van der Waals surface area contributed by atoms with E-state index in [0.717, 1.165) is 49.3 Å². The zero-order valence-electron chi connectivity index (χ0n) is 10.6. The molecule has 1 N–H and O–H groups in total. The Balaban J connectivity index is 1.68. The number of aryl methyl sites for hydroxylation is 1. The van der Waals surface area contributed by atoms with Gasteiger partial charge in [-0.1, -0.05) is 11.8 Å². The number of hydrogen-bond donors (Lipinski definition) is 1. The SMILES string of the molecule is CCn1ccc(NC2=NC3(CCOCC3)CS2)n1. The molecule has 1 saturated heterocycles. The summed E-state index contributed by atoms with van der Waals surface area (Å²) in [4.78, 5) is 4.85. The van der Waals surface area contributed by atoms with Crippen LogP contribution in [0.25, 0.3) is 0 Å². The van der Waals surface area contributed by atoms with Gasteiger partial charge in [0.05, 0.1) is 5.54 Å². The molecule has 1 aromatic rings. The summed E-state index contributed by atoms with van der Waals surface area (Å²) in [5, 5.41) is 8.72. The number of nitrogens with one attached hydrogen (secondary N) is 1. The Hall–Kier alpha value is -1.01. The highest BCUT2D eigenvalue weighted by atomic mass is 32.2. The molecule has 2 aliphatic rings. The third-order valence-corrected chi connectivity index (χ3v) is 4.59. The van der Waals surface area contributed by atoms with Gasteiger partial charge in [0, 0.05) is 37.8 Å². The summed E-state index contributed by atoms with van der Waals surface area (Å²) in [5.74, 6) is 1.94. The van der Waals surface area contributed by atoms with E-state index < -0.39 is 0 Å². The van der Waals surface area contributed by atoms with Gasteiger partial charge in [0.15, 0.2) is 11.0 Å². The minimum Gasteiger partial charge on any atom is -0.381 e. The van der Waals surface area contributed by atoms with Crippen LogP contribution in [0.2, 0.25) is 0 Å². The minimum absolute atomic E-state index is 0.110. The van der Waals surface area contributed by atoms with Gasteiger partial charge in [-0.25, -0.2) is 0 Å². The Bertz CT molecular complexity index is 451. The molecule has 0 atom stereocenters. The Labute approximate surface area is 111 Å². The summed E-state index contributed by atoms with van der Waals surface area (Å²) >= 11 is 1.79. The van der Waals surface area contributed by atoms with Crippen LogP contribution >= 0.6 is 11.8 Å². The molecule has 0 bridgehead atoms. The van der Waals surface area contributed by atoms with E-state index in [9.17, 15) is 0 Å². The predicted molar refractivity (Wildman–Crippen MR) is 74.2 cm³/mol. The van der Waals surface area contributed by atoms with E-state index >= 15 is 0 Å². The van der Waals surface area contributed by atoms with Gasteiger partial charge in [0.1, 0.15) is 0 Å². The van der Waals surface area contributed by atoms with Crippen molar-refractivity contribution >= 4 is 22.7 Å². The lowest BCUT2D eigenvalue weighted by Gasteiger charge is -2.29. The first kappa shape index (κ1) is 12.0. The average Bonchev–Trinajstić information content (AvgIpc) is 2.99. The number of aromatic nitrogens is 2. The second-order valence-electron chi connectivity index (χ2n) is 4.72. The number of amidine groups is 1. The third-order valence-electron chi connectivity index (χ3n) is 3.44. The van der Waals surface area contributed by atoms with E-state index in [1.807, 2.05) is 16.9 Å². The molecule has 2 aliphatic heterocycles. The van der Waals surface area contributed by atoms with Crippen molar-refractivity contribution in [2.24, 2.45) is 4.99 Å². The fourth-order valence-corrected chi connectivity index (χ4v) is 3.46. The van der Waals surface area contributed by atoms with E-state index in [0.29, 0.717) is 0 Å². The van der Waals surface area contributed by atoms with Gasteiger partial charge in [-0.3, -0.25) is 9.67 Å². The molecule has 0 aromatic carbocycles. The van der Waals surface area contributed by atoms with E-state index in [1.54, 1.807) is 11.8 Å². The van der Waals surface area contributed by atoms with Crippen LogP contribution in [-0.2, 0) is 11.3 Å². The average molecular weight is 266 g/mol. The lowest BCUT2D eigenvalue weighted by molar-refractivity contribution is 0.0624. The number of rotatable bonds is 2. The van der Waals surface area contributed by atoms with Crippen molar-refractivity contribution in [2.45, 2.75) is 31.8 Å². The highest BCUT2D eigenvalue weighted by molar-refractivity contribution is 8.14. The summed E-state index contributed by atoms with van der Waals surface area (Å²) in [5.41, 5.74) is 0.110. The molecule has 0 unspecified atom stereocenters. The molecule has 0 saturated carbocycles. The van der Waals surface area contributed by atoms with Crippen LogP contribution in [0, 0.1) is 0 Å². The summed E-state index contributed by atoms with van der Waals surface area (Å²) in [7, 11) is 0. The molecular formula is C12H18N4OS. The molecule has 1 aromatic heterocycles. The molecule has 18 heavy (non-hydrogen) atoms. The van der Waals surface area contributed by atoms with Crippen LogP contribution in [0.3, 0.4) is 0 Å². The molecule has 3 heterocycles. The predicted octanol–water partition coefficient (Wildman–Crippen LogP) is 1.97. The zero-order chi connectivity index (χ0) is 12.4. The van der Waals surface area contributed by atoms with Crippen molar-refractivity contribution in [1.82, 2.24) is 9.78 Å². The van der Waals surface area contributed by atoms with Crippen molar-refractivity contribution < 1.29 is 4.74 Å². The number of hydrogen-bond acceptors (Lipinski definition) is 5. The van der Waals surface area contributed by atoms with Gasteiger partial charge in [-0.15, -0.1) is 0 Å². The number of ether oxygens (including phenoxy) is 1. The van der Waals surface area contributed by atoms with Gasteiger partial charge in [0.2, 0.25) is 0 Å². The van der Waals surface area contributed by atoms with Crippen LogP contribution in [0.4, 0.5) is 5.82 Å². The smallest absolute Gasteiger partial charge is 0.162 e. The van der Waals surface area contributed by atoms with E-state index in [2.05, 4.69) is 17.3 Å². The quantitative estimate of drug-likeness (QED) is 0.889. The molecule has 0 aliphatic carbocycles. The van der Waals surface area contributed by atoms with Crippen LogP contribution in [0.5, 0.6) is 0 Å². The second-order valence-corrected chi connectivity index (χ2v) is 5.69. The first-order valence-corrected chi connectivity index (χ1v) is 7.39. The van der Waals surface area contributed by atoms with E-state index in [-0.39, 0.29) is 5.54 Å². The lowest BCUT2D eigenvalue weighted by atomic mass is 9.93. The second kappa shape index (κ2) is 4.93. The number of anilines is 1. The molecule has 5 nitrogen and oxygen atoms in total. The van der Waals surface area contributed by atoms with E-state index in [1.165, 1.54) is 0 Å². The van der Waals surface area contributed by atoms with Crippen LogP contribution in [-0.4, -0.2) is 39.5 Å². The van der Waals surface area contributed by atoms with E-state index in [4.69, 9.17) is 9.73 Å². The van der Waals surface area contributed by atoms with Crippen molar-refractivity contribution in [1.29, 1.82) is 0 Å². The number of nitrogens with zero attached hydrogens (tertiary/aromatic N) is 3. The van der Waals surface area contributed by atoms with Gasteiger partial charge < -0.3 is 10.1 Å². The minimum atomic E-state index is 0.110. The van der Waals surface area contributed by atoms with Crippen molar-refractivity contribution in [3.05, 3.63) is 12.3 Å². The number of thioether (sulfide) groups is 1. The highest BCUT2D eigenvalue weighted by Gasteiger charge is 2.37. The first-order chi connectivity index (χ1) is 8.80. The summed E-state index contributed by atoms with van der Waals surface area (Å²) < 4.78 is 7.32. The third kappa shape index (κ3) is 2.40. The lowest BCUT2D eigenvalue weighted by Crippen LogP contribution is -2.34. The monoisotopic (exact) mass is 266 g/mol. The maximum atomic E-state index is 5.41. The maximum absolute atomic E-state index is 5.41. The Morgan fingerprint density at radius 2 is 2.33 bits per heavy atom. The molecule has 3 rings (SSSR count). The van der Waals surface area contributed by atoms with Crippen LogP contribution in [0.1, 0.15) is 19.8 Å². The molecule has 0 radical (unpaired) electrons. The maximum Gasteiger partial charge on any atom is 0.162 e. The van der Waals surface area contributed by atoms with Crippen LogP contribution < -0.4 is 5.32 Å². The summed E-state index contributed by atoms with van der Waals surface area (Å²) in [6, 6.07) is 1.99. The fourth-order valence-electron chi connectivity index (χ4n) is 2.27. The first-order valence-electron chi connectivity index (χ1n) is 6.41. The van der Waals surface area contributed by atoms with Crippen LogP contribution in [0.15, 0.2) is 17.3 Å². The molecule has 1 spiro atoms. The molecule has 98 valence electrons. The Morgan fingerprint density at radius 3 is 3.06 bits per heavy atom. The largest absolute Gasteiger partial charge is 0.381 e. The van der Waals surface area contributed by atoms with Crippen molar-refractivity contribution in [3.63, 3.8) is 0 Å². The van der Waals surface area contributed by atoms with Crippen molar-refractivity contribution in [2.75, 3.05) is 24.3 Å². The topological polar surface area (TPSA) is 51.4 Å². The van der Waals surface area contributed by atoms with Crippen molar-refractivity contribution in [3.8, 4) is 0 Å². The molecular weight excluding hydrogens is 248 g/mol. The number of aliphatic imine (C=N–C) groups is 1. The Kier molecular flexibility index (Phi) is 3.30. The molecule has 1 fully saturated rings. The zero-order valence-corrected chi connectivity index (χ0v) is 11.4. The Morgan fingerprint density at radius 1 is 1.50 bits per heavy atom. The fraction of sp³-hybridized carbons (Fsp3) is 0.667. The molecule has 6 heteroatoms. The van der Waals surface area contributed by atoms with Gasteiger partial charge in [-0.2, -0.15) is 5.10 Å². The normalized spacial score (nSPS) is 22.2. The standard InChI is InChI=1S/C12H18N4OS/c1-2-16-6-3-10(15-16)13-11-14-12(9-18-11)4-7-17-8-5-12/h3,6H,2,4-5,7-9H2,1H3,(H,13,14,15). The highest BCUT2D eigenvalue weighted by Crippen LogP contribution is 2.35.